The fourth-order valence-corrected chi connectivity index (χ4v) is 3.36. The average Bonchev–Trinajstić information content (AvgIpc) is 2.59. The first-order valence-corrected chi connectivity index (χ1v) is 8.90. The summed E-state index contributed by atoms with van der Waals surface area (Å²) < 4.78 is 5.44. The van der Waals surface area contributed by atoms with Crippen LogP contribution in [0.15, 0.2) is 29.3 Å². The monoisotopic (exact) mass is 332 g/mol. The minimum atomic E-state index is 0.768. The molecule has 1 heterocycles. The van der Waals surface area contributed by atoms with Gasteiger partial charge < -0.3 is 19.9 Å². The zero-order valence-electron chi connectivity index (χ0n) is 15.6. The van der Waals surface area contributed by atoms with Crippen molar-refractivity contribution in [2.24, 2.45) is 10.9 Å². The Labute approximate surface area is 146 Å². The zero-order valence-corrected chi connectivity index (χ0v) is 15.6. The molecule has 1 atom stereocenters. The predicted octanol–water partition coefficient (Wildman–Crippen LogP) is 2.43. The number of nitrogens with zero attached hydrogens (tertiary/aromatic N) is 3. The number of aliphatic imine (C=N–C) groups is 1. The Bertz CT molecular complexity index is 532. The van der Waals surface area contributed by atoms with Gasteiger partial charge in [0.25, 0.3) is 0 Å². The third kappa shape index (κ3) is 5.41. The van der Waals surface area contributed by atoms with E-state index in [1.807, 2.05) is 25.2 Å². The molecular formula is C19H32N4O. The third-order valence-electron chi connectivity index (χ3n) is 4.63. The normalized spacial score (nSPS) is 19.2. The molecule has 1 fully saturated rings. The number of piperidine rings is 1. The Hall–Kier alpha value is -1.75. The van der Waals surface area contributed by atoms with Crippen LogP contribution in [-0.4, -0.2) is 63.1 Å². The van der Waals surface area contributed by atoms with E-state index in [1.165, 1.54) is 25.9 Å². The van der Waals surface area contributed by atoms with Crippen LogP contribution in [0.4, 0.5) is 0 Å². The molecule has 0 aromatic heterocycles. The molecule has 134 valence electrons. The number of ether oxygens (including phenoxy) is 1. The molecule has 0 spiro atoms. The van der Waals surface area contributed by atoms with Gasteiger partial charge in [0.2, 0.25) is 0 Å². The van der Waals surface area contributed by atoms with E-state index >= 15 is 0 Å². The van der Waals surface area contributed by atoms with E-state index in [9.17, 15) is 0 Å². The first kappa shape index (κ1) is 18.6. The molecule has 1 saturated heterocycles. The van der Waals surface area contributed by atoms with Gasteiger partial charge in [0.1, 0.15) is 5.75 Å². The van der Waals surface area contributed by atoms with Crippen molar-refractivity contribution in [2.45, 2.75) is 26.3 Å². The van der Waals surface area contributed by atoms with Gasteiger partial charge in [-0.3, -0.25) is 4.99 Å². The highest BCUT2D eigenvalue weighted by Gasteiger charge is 2.16. The van der Waals surface area contributed by atoms with E-state index < -0.39 is 0 Å². The van der Waals surface area contributed by atoms with Crippen LogP contribution in [-0.2, 0) is 6.54 Å². The molecule has 1 aliphatic rings. The molecule has 1 aliphatic heterocycles. The second-order valence-corrected chi connectivity index (χ2v) is 6.69. The minimum absolute atomic E-state index is 0.768. The van der Waals surface area contributed by atoms with Crippen molar-refractivity contribution in [3.8, 4) is 5.75 Å². The number of methoxy groups -OCH3 is 1. The molecule has 1 aromatic rings. The number of rotatable bonds is 6. The largest absolute Gasteiger partial charge is 0.496 e. The average molecular weight is 332 g/mol. The van der Waals surface area contributed by atoms with Crippen LogP contribution in [0.1, 0.15) is 25.3 Å². The third-order valence-corrected chi connectivity index (χ3v) is 4.63. The summed E-state index contributed by atoms with van der Waals surface area (Å²) in [5.74, 6) is 2.67. The van der Waals surface area contributed by atoms with Gasteiger partial charge >= 0.3 is 0 Å². The summed E-state index contributed by atoms with van der Waals surface area (Å²) in [4.78, 5) is 9.10. The van der Waals surface area contributed by atoms with Gasteiger partial charge in [-0.1, -0.05) is 25.1 Å². The molecule has 0 aliphatic carbocycles. The summed E-state index contributed by atoms with van der Waals surface area (Å²) in [5.41, 5.74) is 1.16. The molecule has 2 rings (SSSR count). The Morgan fingerprint density at radius 2 is 2.21 bits per heavy atom. The van der Waals surface area contributed by atoms with Gasteiger partial charge in [-0.15, -0.1) is 0 Å². The molecular weight excluding hydrogens is 300 g/mol. The molecule has 1 aromatic carbocycles. The van der Waals surface area contributed by atoms with Crippen molar-refractivity contribution < 1.29 is 4.74 Å². The topological polar surface area (TPSA) is 40.1 Å². The first-order chi connectivity index (χ1) is 11.6. The number of nitrogens with one attached hydrogen (secondary N) is 1. The standard InChI is InChI=1S/C19H32N4O/c1-16-8-7-12-23(14-16)13-11-21-19(20-2)22(3)15-17-9-5-6-10-18(17)24-4/h5-6,9-10,16H,7-8,11-15H2,1-4H3,(H,20,21). The summed E-state index contributed by atoms with van der Waals surface area (Å²) >= 11 is 0. The van der Waals surface area contributed by atoms with Crippen molar-refractivity contribution in [1.82, 2.24) is 15.1 Å². The number of hydrogen-bond donors (Lipinski definition) is 1. The lowest BCUT2D eigenvalue weighted by Crippen LogP contribution is -2.44. The lowest BCUT2D eigenvalue weighted by atomic mass is 10.0. The lowest BCUT2D eigenvalue weighted by Gasteiger charge is -2.31. The maximum absolute atomic E-state index is 5.44. The molecule has 0 bridgehead atoms. The Morgan fingerprint density at radius 3 is 2.92 bits per heavy atom. The smallest absolute Gasteiger partial charge is 0.193 e. The highest BCUT2D eigenvalue weighted by molar-refractivity contribution is 5.79. The van der Waals surface area contributed by atoms with E-state index in [-0.39, 0.29) is 0 Å². The van der Waals surface area contributed by atoms with Crippen LogP contribution in [0, 0.1) is 5.92 Å². The summed E-state index contributed by atoms with van der Waals surface area (Å²) in [7, 11) is 5.61. The number of hydrogen-bond acceptors (Lipinski definition) is 3. The Morgan fingerprint density at radius 1 is 1.42 bits per heavy atom. The molecule has 5 nitrogen and oxygen atoms in total. The summed E-state index contributed by atoms with van der Waals surface area (Å²) in [6.07, 6.45) is 2.69. The molecule has 5 heteroatoms. The number of guanidine groups is 1. The maximum atomic E-state index is 5.44. The van der Waals surface area contributed by atoms with Gasteiger partial charge in [0.15, 0.2) is 5.96 Å². The summed E-state index contributed by atoms with van der Waals surface area (Å²) in [6.45, 7) is 7.56. The molecule has 24 heavy (non-hydrogen) atoms. The van der Waals surface area contributed by atoms with Crippen molar-refractivity contribution in [2.75, 3.05) is 47.4 Å². The van der Waals surface area contributed by atoms with Gasteiger partial charge in [0.05, 0.1) is 7.11 Å². The number of likely N-dealkylation sites (tertiary alicyclic amines) is 1. The molecule has 0 amide bonds. The van der Waals surface area contributed by atoms with E-state index in [4.69, 9.17) is 4.74 Å². The van der Waals surface area contributed by atoms with E-state index in [1.54, 1.807) is 7.11 Å². The van der Waals surface area contributed by atoms with Gasteiger partial charge in [-0.2, -0.15) is 0 Å². The molecule has 1 N–H and O–H groups in total. The zero-order chi connectivity index (χ0) is 17.4. The van der Waals surface area contributed by atoms with E-state index in [0.717, 1.165) is 42.8 Å². The second kappa shape index (κ2) is 9.52. The molecule has 0 saturated carbocycles. The minimum Gasteiger partial charge on any atom is -0.496 e. The van der Waals surface area contributed by atoms with Crippen molar-refractivity contribution in [3.05, 3.63) is 29.8 Å². The van der Waals surface area contributed by atoms with Crippen molar-refractivity contribution in [3.63, 3.8) is 0 Å². The van der Waals surface area contributed by atoms with Crippen LogP contribution < -0.4 is 10.1 Å². The van der Waals surface area contributed by atoms with Crippen LogP contribution in [0.2, 0.25) is 0 Å². The van der Waals surface area contributed by atoms with Crippen LogP contribution >= 0.6 is 0 Å². The fourth-order valence-electron chi connectivity index (χ4n) is 3.36. The molecule has 1 unspecified atom stereocenters. The fraction of sp³-hybridized carbons (Fsp3) is 0.632. The number of para-hydroxylation sites is 1. The quantitative estimate of drug-likeness (QED) is 0.642. The summed E-state index contributed by atoms with van der Waals surface area (Å²) in [5, 5.41) is 3.48. The van der Waals surface area contributed by atoms with Gasteiger partial charge in [-0.05, 0) is 31.4 Å². The lowest BCUT2D eigenvalue weighted by molar-refractivity contribution is 0.186. The van der Waals surface area contributed by atoms with Crippen LogP contribution in [0.3, 0.4) is 0 Å². The maximum Gasteiger partial charge on any atom is 0.193 e. The summed E-state index contributed by atoms with van der Waals surface area (Å²) in [6, 6.07) is 8.13. The number of benzene rings is 1. The van der Waals surface area contributed by atoms with Gasteiger partial charge in [-0.25, -0.2) is 0 Å². The SMILES string of the molecule is CN=C(NCCN1CCCC(C)C1)N(C)Cc1ccccc1OC. The highest BCUT2D eigenvalue weighted by atomic mass is 16.5. The van der Waals surface area contributed by atoms with E-state index in [2.05, 4.69) is 40.1 Å². The first-order valence-electron chi connectivity index (χ1n) is 8.90. The van der Waals surface area contributed by atoms with Crippen LogP contribution in [0.25, 0.3) is 0 Å². The van der Waals surface area contributed by atoms with Crippen LogP contribution in [0.5, 0.6) is 5.75 Å². The Kier molecular flexibility index (Phi) is 7.37. The van der Waals surface area contributed by atoms with Crippen molar-refractivity contribution in [1.29, 1.82) is 0 Å². The van der Waals surface area contributed by atoms with Crippen molar-refractivity contribution >= 4 is 5.96 Å². The Balaban J connectivity index is 1.82. The molecule has 0 radical (unpaired) electrons. The van der Waals surface area contributed by atoms with E-state index in [0.29, 0.717) is 0 Å². The highest BCUT2D eigenvalue weighted by Crippen LogP contribution is 2.18. The second-order valence-electron chi connectivity index (χ2n) is 6.69. The van der Waals surface area contributed by atoms with Gasteiger partial charge in [0, 0.05) is 45.8 Å². The predicted molar refractivity (Wildman–Crippen MR) is 101 cm³/mol.